The summed E-state index contributed by atoms with van der Waals surface area (Å²) in [7, 11) is 0. The van der Waals surface area contributed by atoms with Gasteiger partial charge in [-0.25, -0.2) is 4.79 Å². The van der Waals surface area contributed by atoms with E-state index in [9.17, 15) is 4.79 Å². The van der Waals surface area contributed by atoms with Gasteiger partial charge in [0.2, 0.25) is 0 Å². The molecule has 2 N–H and O–H groups in total. The molecule has 0 radical (unpaired) electrons. The van der Waals surface area contributed by atoms with Gasteiger partial charge in [-0.3, -0.25) is 0 Å². The number of esters is 1. The van der Waals surface area contributed by atoms with Gasteiger partial charge in [-0.15, -0.1) is 0 Å². The summed E-state index contributed by atoms with van der Waals surface area (Å²) in [4.78, 5) is 11.3. The highest BCUT2D eigenvalue weighted by Gasteiger charge is 2.14. The highest BCUT2D eigenvalue weighted by Crippen LogP contribution is 2.36. The lowest BCUT2D eigenvalue weighted by Crippen LogP contribution is -2.15. The van der Waals surface area contributed by atoms with Gasteiger partial charge >= 0.3 is 5.97 Å². The minimum atomic E-state index is -0.436. The Morgan fingerprint density at radius 2 is 2.10 bits per heavy atom. The van der Waals surface area contributed by atoms with E-state index < -0.39 is 5.97 Å². The molecule has 6 nitrogen and oxygen atoms in total. The lowest BCUT2D eigenvalue weighted by Gasteiger charge is -2.14. The summed E-state index contributed by atoms with van der Waals surface area (Å²) in [5.74, 6) is 5.63. The van der Waals surface area contributed by atoms with Crippen LogP contribution in [0.2, 0.25) is 0 Å². The predicted molar refractivity (Wildman–Crippen MR) is 79.2 cm³/mol. The number of hydrogen-bond donors (Lipinski definition) is 1. The normalized spacial score (nSPS) is 10.6. The number of hydrazone groups is 1. The van der Waals surface area contributed by atoms with Crippen molar-refractivity contribution in [2.24, 2.45) is 10.9 Å². The van der Waals surface area contributed by atoms with Crippen LogP contribution in [0.3, 0.4) is 0 Å². The maximum atomic E-state index is 11.3. The molecule has 0 aliphatic carbocycles. The summed E-state index contributed by atoms with van der Waals surface area (Å²) in [6.45, 7) is 4.18. The fourth-order valence-corrected chi connectivity index (χ4v) is 2.06. The maximum Gasteiger partial charge on any atom is 0.344 e. The Morgan fingerprint density at radius 1 is 1.35 bits per heavy atom. The molecule has 20 heavy (non-hydrogen) atoms. The van der Waals surface area contributed by atoms with E-state index in [4.69, 9.17) is 20.1 Å². The van der Waals surface area contributed by atoms with Gasteiger partial charge in [-0.1, -0.05) is 0 Å². The summed E-state index contributed by atoms with van der Waals surface area (Å²) in [6, 6.07) is 3.49. The van der Waals surface area contributed by atoms with Crippen molar-refractivity contribution in [2.45, 2.75) is 13.8 Å². The van der Waals surface area contributed by atoms with E-state index in [-0.39, 0.29) is 6.61 Å². The lowest BCUT2D eigenvalue weighted by atomic mass is 10.2. The Balaban J connectivity index is 2.95. The lowest BCUT2D eigenvalue weighted by molar-refractivity contribution is -0.145. The number of halogens is 1. The van der Waals surface area contributed by atoms with Gasteiger partial charge in [0.15, 0.2) is 18.1 Å². The molecule has 0 fully saturated rings. The Labute approximate surface area is 126 Å². The molecule has 0 saturated heterocycles. The van der Waals surface area contributed by atoms with Crippen LogP contribution in [-0.2, 0) is 9.53 Å². The van der Waals surface area contributed by atoms with Crippen LogP contribution >= 0.6 is 15.9 Å². The zero-order valence-corrected chi connectivity index (χ0v) is 13.0. The standard InChI is InChI=1S/C13H17BrN2O4/c1-3-18-11-6-9(7-16-15)5-10(14)13(11)20-8-12(17)19-4-2/h5-7H,3-4,8,15H2,1-2H3. The van der Waals surface area contributed by atoms with Crippen LogP contribution in [-0.4, -0.2) is 32.0 Å². The monoisotopic (exact) mass is 344 g/mol. The molecule has 0 atom stereocenters. The Hall–Kier alpha value is -1.76. The second kappa shape index (κ2) is 8.42. The number of rotatable bonds is 7. The number of carbonyl (C=O) groups is 1. The molecular weight excluding hydrogens is 328 g/mol. The molecule has 0 aromatic heterocycles. The Kier molecular flexibility index (Phi) is 6.86. The first-order valence-corrected chi connectivity index (χ1v) is 6.89. The maximum absolute atomic E-state index is 11.3. The van der Waals surface area contributed by atoms with Gasteiger partial charge < -0.3 is 20.1 Å². The van der Waals surface area contributed by atoms with Crippen LogP contribution in [0.15, 0.2) is 21.7 Å². The van der Waals surface area contributed by atoms with Crippen molar-refractivity contribution >= 4 is 28.1 Å². The zero-order chi connectivity index (χ0) is 15.0. The third-order valence-corrected chi connectivity index (χ3v) is 2.78. The number of nitrogens with zero attached hydrogens (tertiary/aromatic N) is 1. The van der Waals surface area contributed by atoms with Crippen molar-refractivity contribution in [3.8, 4) is 11.5 Å². The largest absolute Gasteiger partial charge is 0.490 e. The predicted octanol–water partition coefficient (Wildman–Crippen LogP) is 2.08. The smallest absolute Gasteiger partial charge is 0.344 e. The summed E-state index contributed by atoms with van der Waals surface area (Å²) >= 11 is 3.37. The van der Waals surface area contributed by atoms with E-state index >= 15 is 0 Å². The van der Waals surface area contributed by atoms with Crippen molar-refractivity contribution in [3.63, 3.8) is 0 Å². The van der Waals surface area contributed by atoms with Gasteiger partial charge in [0, 0.05) is 0 Å². The van der Waals surface area contributed by atoms with Gasteiger partial charge in [0.05, 0.1) is 23.9 Å². The molecule has 1 aromatic rings. The minimum Gasteiger partial charge on any atom is -0.490 e. The SMILES string of the molecule is CCOC(=O)COc1c(Br)cc(C=NN)cc1OCC. The molecule has 0 aliphatic rings. The molecule has 110 valence electrons. The molecule has 1 rings (SSSR count). The summed E-state index contributed by atoms with van der Waals surface area (Å²) < 4.78 is 16.4. The topological polar surface area (TPSA) is 83.1 Å². The average Bonchev–Trinajstić information content (AvgIpc) is 2.39. The van der Waals surface area contributed by atoms with Gasteiger partial charge in [-0.2, -0.15) is 5.10 Å². The Bertz CT molecular complexity index is 492. The first kappa shape index (κ1) is 16.3. The molecule has 0 unspecified atom stereocenters. The minimum absolute atomic E-state index is 0.184. The first-order valence-electron chi connectivity index (χ1n) is 6.10. The van der Waals surface area contributed by atoms with E-state index in [2.05, 4.69) is 21.0 Å². The third kappa shape index (κ3) is 4.73. The van der Waals surface area contributed by atoms with Crippen molar-refractivity contribution in [3.05, 3.63) is 22.2 Å². The van der Waals surface area contributed by atoms with E-state index in [0.29, 0.717) is 29.2 Å². The molecular formula is C13H17BrN2O4. The molecule has 0 spiro atoms. The van der Waals surface area contributed by atoms with E-state index in [0.717, 1.165) is 5.56 Å². The van der Waals surface area contributed by atoms with Crippen LogP contribution in [0.4, 0.5) is 0 Å². The number of benzene rings is 1. The van der Waals surface area contributed by atoms with Crippen LogP contribution < -0.4 is 15.3 Å². The van der Waals surface area contributed by atoms with Crippen molar-refractivity contribution < 1.29 is 19.0 Å². The second-order valence-corrected chi connectivity index (χ2v) is 4.49. The van der Waals surface area contributed by atoms with Crippen molar-refractivity contribution in [2.75, 3.05) is 19.8 Å². The summed E-state index contributed by atoms with van der Waals surface area (Å²) in [5.41, 5.74) is 0.756. The van der Waals surface area contributed by atoms with Gasteiger partial charge in [0.1, 0.15) is 0 Å². The number of carbonyl (C=O) groups excluding carboxylic acids is 1. The molecule has 0 heterocycles. The van der Waals surface area contributed by atoms with Gasteiger partial charge in [0.25, 0.3) is 0 Å². The van der Waals surface area contributed by atoms with E-state index in [1.54, 1.807) is 19.1 Å². The number of ether oxygens (including phenoxy) is 3. The van der Waals surface area contributed by atoms with Crippen LogP contribution in [0.25, 0.3) is 0 Å². The highest BCUT2D eigenvalue weighted by molar-refractivity contribution is 9.10. The van der Waals surface area contributed by atoms with Crippen LogP contribution in [0.1, 0.15) is 19.4 Å². The molecule has 1 aromatic carbocycles. The average molecular weight is 345 g/mol. The van der Waals surface area contributed by atoms with Crippen LogP contribution in [0, 0.1) is 0 Å². The summed E-state index contributed by atoms with van der Waals surface area (Å²) in [6.07, 6.45) is 1.49. The van der Waals surface area contributed by atoms with Crippen molar-refractivity contribution in [1.29, 1.82) is 0 Å². The van der Waals surface area contributed by atoms with Crippen molar-refractivity contribution in [1.82, 2.24) is 0 Å². The Morgan fingerprint density at radius 3 is 2.70 bits per heavy atom. The molecule has 0 aliphatic heterocycles. The number of nitrogens with two attached hydrogens (primary N) is 1. The molecule has 0 amide bonds. The van der Waals surface area contributed by atoms with Crippen LogP contribution in [0.5, 0.6) is 11.5 Å². The summed E-state index contributed by atoms with van der Waals surface area (Å²) in [5, 5.41) is 3.46. The number of hydrogen-bond acceptors (Lipinski definition) is 6. The second-order valence-electron chi connectivity index (χ2n) is 3.63. The molecule has 0 bridgehead atoms. The van der Waals surface area contributed by atoms with E-state index in [1.807, 2.05) is 6.92 Å². The third-order valence-electron chi connectivity index (χ3n) is 2.19. The van der Waals surface area contributed by atoms with E-state index in [1.165, 1.54) is 6.21 Å². The van der Waals surface area contributed by atoms with Gasteiger partial charge in [-0.05, 0) is 47.5 Å². The molecule has 0 saturated carbocycles. The highest BCUT2D eigenvalue weighted by atomic mass is 79.9. The quantitative estimate of drug-likeness (QED) is 0.354. The fraction of sp³-hybridized carbons (Fsp3) is 0.385. The molecule has 7 heteroatoms. The fourth-order valence-electron chi connectivity index (χ4n) is 1.49. The zero-order valence-electron chi connectivity index (χ0n) is 11.4. The first-order chi connectivity index (χ1) is 9.62.